The zero-order chi connectivity index (χ0) is 18.2. The summed E-state index contributed by atoms with van der Waals surface area (Å²) in [5.41, 5.74) is 1.35. The fourth-order valence-electron chi connectivity index (χ4n) is 2.44. The SMILES string of the molecule is Cc1nn(C)c(C)c1S(=O)(=O)NC(=O)c1cn(-c2ccccc2)nn1. The first kappa shape index (κ1) is 16.8. The van der Waals surface area contributed by atoms with Crippen LogP contribution >= 0.6 is 0 Å². The number of hydrogen-bond donors (Lipinski definition) is 1. The molecule has 0 spiro atoms. The molecule has 0 bridgehead atoms. The average molecular weight is 360 g/mol. The summed E-state index contributed by atoms with van der Waals surface area (Å²) in [6.07, 6.45) is 1.36. The van der Waals surface area contributed by atoms with Gasteiger partial charge in [-0.25, -0.2) is 17.8 Å². The molecule has 3 rings (SSSR count). The Balaban J connectivity index is 1.86. The minimum absolute atomic E-state index is 0.0150. The summed E-state index contributed by atoms with van der Waals surface area (Å²) in [4.78, 5) is 12.3. The van der Waals surface area contributed by atoms with E-state index in [1.807, 2.05) is 22.9 Å². The topological polar surface area (TPSA) is 112 Å². The van der Waals surface area contributed by atoms with Crippen molar-refractivity contribution in [2.45, 2.75) is 18.7 Å². The number of para-hydroxylation sites is 1. The number of nitrogens with zero attached hydrogens (tertiary/aromatic N) is 5. The first-order chi connectivity index (χ1) is 11.8. The van der Waals surface area contributed by atoms with Gasteiger partial charge in [0, 0.05) is 7.05 Å². The summed E-state index contributed by atoms with van der Waals surface area (Å²) in [7, 11) is -2.43. The molecular weight excluding hydrogens is 344 g/mol. The summed E-state index contributed by atoms with van der Waals surface area (Å²) in [5.74, 6) is -0.857. The Morgan fingerprint density at radius 2 is 1.84 bits per heavy atom. The van der Waals surface area contributed by atoms with E-state index in [1.165, 1.54) is 15.6 Å². The van der Waals surface area contributed by atoms with Crippen LogP contribution < -0.4 is 4.72 Å². The third kappa shape index (κ3) is 3.15. The molecule has 0 fully saturated rings. The molecular formula is C15H16N6O3S. The summed E-state index contributed by atoms with van der Waals surface area (Å²) in [6, 6.07) is 9.05. The van der Waals surface area contributed by atoms with E-state index in [4.69, 9.17) is 0 Å². The molecule has 0 aliphatic heterocycles. The second-order valence-corrected chi connectivity index (χ2v) is 7.06. The van der Waals surface area contributed by atoms with E-state index in [0.717, 1.165) is 0 Å². The van der Waals surface area contributed by atoms with Gasteiger partial charge in [-0.05, 0) is 26.0 Å². The van der Waals surface area contributed by atoms with Gasteiger partial charge in [-0.3, -0.25) is 9.48 Å². The second-order valence-electron chi connectivity index (χ2n) is 5.44. The van der Waals surface area contributed by atoms with Crippen molar-refractivity contribution < 1.29 is 13.2 Å². The van der Waals surface area contributed by atoms with Crippen molar-refractivity contribution in [3.05, 3.63) is 53.6 Å². The standard InChI is InChI=1S/C15H16N6O3S/c1-10-14(11(2)20(3)17-10)25(23,24)18-15(22)13-9-21(19-16-13)12-7-5-4-6-8-12/h4-9H,1-3H3,(H,18,22). The van der Waals surface area contributed by atoms with Crippen LogP contribution in [0.3, 0.4) is 0 Å². The monoisotopic (exact) mass is 360 g/mol. The maximum Gasteiger partial charge on any atom is 0.287 e. The lowest BCUT2D eigenvalue weighted by atomic mass is 10.3. The molecule has 1 amide bonds. The van der Waals surface area contributed by atoms with Crippen LogP contribution in [0.15, 0.2) is 41.4 Å². The van der Waals surface area contributed by atoms with Crippen LogP contribution in [0.4, 0.5) is 0 Å². The molecule has 25 heavy (non-hydrogen) atoms. The lowest BCUT2D eigenvalue weighted by molar-refractivity contribution is 0.0976. The Morgan fingerprint density at radius 1 is 1.16 bits per heavy atom. The molecule has 0 aliphatic carbocycles. The smallest absolute Gasteiger partial charge is 0.271 e. The highest BCUT2D eigenvalue weighted by Crippen LogP contribution is 2.18. The highest BCUT2D eigenvalue weighted by molar-refractivity contribution is 7.90. The molecule has 2 aromatic heterocycles. The average Bonchev–Trinajstić information content (AvgIpc) is 3.13. The molecule has 10 heteroatoms. The number of aryl methyl sites for hydroxylation is 2. The molecule has 0 atom stereocenters. The lowest BCUT2D eigenvalue weighted by Crippen LogP contribution is -2.31. The van der Waals surface area contributed by atoms with E-state index >= 15 is 0 Å². The third-order valence-corrected chi connectivity index (χ3v) is 5.27. The van der Waals surface area contributed by atoms with Crippen molar-refractivity contribution in [3.63, 3.8) is 0 Å². The molecule has 3 aromatic rings. The van der Waals surface area contributed by atoms with Gasteiger partial charge in [0.1, 0.15) is 4.90 Å². The summed E-state index contributed by atoms with van der Waals surface area (Å²) in [5, 5.41) is 11.6. The molecule has 0 aliphatic rings. The maximum atomic E-state index is 12.5. The Labute approximate surface area is 144 Å². The fourth-order valence-corrected chi connectivity index (χ4v) is 3.84. The number of benzene rings is 1. The minimum atomic E-state index is -4.06. The molecule has 0 radical (unpaired) electrons. The lowest BCUT2D eigenvalue weighted by Gasteiger charge is -2.05. The van der Waals surface area contributed by atoms with E-state index in [2.05, 4.69) is 15.4 Å². The van der Waals surface area contributed by atoms with Crippen molar-refractivity contribution in [1.82, 2.24) is 29.5 Å². The van der Waals surface area contributed by atoms with Crippen molar-refractivity contribution in [2.24, 2.45) is 7.05 Å². The van der Waals surface area contributed by atoms with Crippen LogP contribution in [-0.4, -0.2) is 39.1 Å². The van der Waals surface area contributed by atoms with Crippen molar-refractivity contribution in [1.29, 1.82) is 0 Å². The van der Waals surface area contributed by atoms with Gasteiger partial charge in [0.05, 0.1) is 23.3 Å². The van der Waals surface area contributed by atoms with E-state index in [9.17, 15) is 13.2 Å². The maximum absolute atomic E-state index is 12.5. The van der Waals surface area contributed by atoms with Crippen LogP contribution in [0.5, 0.6) is 0 Å². The number of rotatable bonds is 4. The molecule has 1 aromatic carbocycles. The number of sulfonamides is 1. The van der Waals surface area contributed by atoms with Crippen LogP contribution in [0.1, 0.15) is 21.9 Å². The molecule has 0 saturated heterocycles. The van der Waals surface area contributed by atoms with Gasteiger partial charge in [-0.1, -0.05) is 23.4 Å². The van der Waals surface area contributed by atoms with Crippen LogP contribution in [0.25, 0.3) is 5.69 Å². The summed E-state index contributed by atoms with van der Waals surface area (Å²) < 4.78 is 29.9. The van der Waals surface area contributed by atoms with Gasteiger partial charge in [-0.2, -0.15) is 5.10 Å². The fraction of sp³-hybridized carbons (Fsp3) is 0.200. The molecule has 9 nitrogen and oxygen atoms in total. The van der Waals surface area contributed by atoms with E-state index in [0.29, 0.717) is 17.1 Å². The Bertz CT molecular complexity index is 1040. The predicted octanol–water partition coefficient (Wildman–Crippen LogP) is 0.736. The summed E-state index contributed by atoms with van der Waals surface area (Å²) >= 11 is 0. The van der Waals surface area contributed by atoms with Crippen molar-refractivity contribution >= 4 is 15.9 Å². The number of aromatic nitrogens is 5. The highest BCUT2D eigenvalue weighted by atomic mass is 32.2. The first-order valence-electron chi connectivity index (χ1n) is 7.34. The molecule has 1 N–H and O–H groups in total. The van der Waals surface area contributed by atoms with E-state index < -0.39 is 15.9 Å². The molecule has 0 unspecified atom stereocenters. The minimum Gasteiger partial charge on any atom is -0.271 e. The first-order valence-corrected chi connectivity index (χ1v) is 8.83. The number of carbonyl (C=O) groups is 1. The zero-order valence-corrected chi connectivity index (χ0v) is 14.6. The third-order valence-electron chi connectivity index (χ3n) is 3.69. The van der Waals surface area contributed by atoms with Gasteiger partial charge >= 0.3 is 0 Å². The van der Waals surface area contributed by atoms with Crippen LogP contribution in [-0.2, 0) is 17.1 Å². The molecule has 130 valence electrons. The van der Waals surface area contributed by atoms with Gasteiger partial charge in [0.15, 0.2) is 5.69 Å². The molecule has 2 heterocycles. The number of carbonyl (C=O) groups excluding carboxylic acids is 1. The zero-order valence-electron chi connectivity index (χ0n) is 13.8. The van der Waals surface area contributed by atoms with E-state index in [-0.39, 0.29) is 10.6 Å². The normalized spacial score (nSPS) is 11.5. The Kier molecular flexibility index (Phi) is 4.13. The van der Waals surface area contributed by atoms with Gasteiger partial charge in [0.2, 0.25) is 0 Å². The summed E-state index contributed by atoms with van der Waals surface area (Å²) in [6.45, 7) is 3.18. The number of nitrogens with one attached hydrogen (secondary N) is 1. The Hall–Kier alpha value is -3.01. The molecule has 0 saturated carbocycles. The Morgan fingerprint density at radius 3 is 2.44 bits per heavy atom. The number of amides is 1. The van der Waals surface area contributed by atoms with Crippen molar-refractivity contribution in [2.75, 3.05) is 0 Å². The van der Waals surface area contributed by atoms with Crippen LogP contribution in [0, 0.1) is 13.8 Å². The largest absolute Gasteiger partial charge is 0.287 e. The highest BCUT2D eigenvalue weighted by Gasteiger charge is 2.27. The van der Waals surface area contributed by atoms with Gasteiger partial charge in [0.25, 0.3) is 15.9 Å². The van der Waals surface area contributed by atoms with Gasteiger partial charge in [-0.15, -0.1) is 5.10 Å². The van der Waals surface area contributed by atoms with Crippen molar-refractivity contribution in [3.8, 4) is 5.69 Å². The van der Waals surface area contributed by atoms with Gasteiger partial charge < -0.3 is 0 Å². The predicted molar refractivity (Wildman–Crippen MR) is 88.7 cm³/mol. The van der Waals surface area contributed by atoms with E-state index in [1.54, 1.807) is 33.0 Å². The second kappa shape index (κ2) is 6.13. The van der Waals surface area contributed by atoms with Crippen LogP contribution in [0.2, 0.25) is 0 Å². The number of hydrogen-bond acceptors (Lipinski definition) is 6. The quantitative estimate of drug-likeness (QED) is 0.734.